The minimum Gasteiger partial charge on any atom is -0.497 e. The summed E-state index contributed by atoms with van der Waals surface area (Å²) in [6, 6.07) is 11.8. The molecule has 0 amide bonds. The molecular formula is C23H27FN4O. The first-order valence-corrected chi connectivity index (χ1v) is 10.1. The average Bonchev–Trinajstić information content (AvgIpc) is 2.74. The average molecular weight is 394 g/mol. The van der Waals surface area contributed by atoms with Crippen LogP contribution in [0.5, 0.6) is 5.75 Å². The zero-order valence-electron chi connectivity index (χ0n) is 17.2. The van der Waals surface area contributed by atoms with Gasteiger partial charge in [-0.05, 0) is 62.1 Å². The summed E-state index contributed by atoms with van der Waals surface area (Å²) >= 11 is 0. The van der Waals surface area contributed by atoms with Crippen LogP contribution in [0.1, 0.15) is 29.7 Å². The summed E-state index contributed by atoms with van der Waals surface area (Å²) in [5, 5.41) is 4.59. The highest BCUT2D eigenvalue weighted by Crippen LogP contribution is 2.25. The molecule has 0 bridgehead atoms. The summed E-state index contributed by atoms with van der Waals surface area (Å²) in [7, 11) is 1.67. The molecule has 0 radical (unpaired) electrons. The van der Waals surface area contributed by atoms with E-state index in [1.807, 2.05) is 37.3 Å². The zero-order valence-corrected chi connectivity index (χ0v) is 17.2. The summed E-state index contributed by atoms with van der Waals surface area (Å²) in [4.78, 5) is 11.8. The van der Waals surface area contributed by atoms with Crippen LogP contribution in [0.25, 0.3) is 10.9 Å². The SMILES string of the molecule is COc1ccc2nc(N3CCC(NCc4ccc(C)c(F)c4)CC3)nc(C)c2c1. The molecule has 152 valence electrons. The van der Waals surface area contributed by atoms with E-state index >= 15 is 0 Å². The van der Waals surface area contributed by atoms with Gasteiger partial charge in [-0.25, -0.2) is 14.4 Å². The molecule has 1 aromatic heterocycles. The lowest BCUT2D eigenvalue weighted by atomic mass is 10.0. The Bertz CT molecular complexity index is 1020. The maximum Gasteiger partial charge on any atom is 0.226 e. The smallest absolute Gasteiger partial charge is 0.226 e. The first kappa shape index (κ1) is 19.6. The van der Waals surface area contributed by atoms with Gasteiger partial charge in [0.2, 0.25) is 5.95 Å². The van der Waals surface area contributed by atoms with Crippen molar-refractivity contribution in [3.05, 3.63) is 59.0 Å². The molecular weight excluding hydrogens is 367 g/mol. The van der Waals surface area contributed by atoms with Crippen LogP contribution in [0.3, 0.4) is 0 Å². The van der Waals surface area contributed by atoms with Crippen LogP contribution in [0.2, 0.25) is 0 Å². The van der Waals surface area contributed by atoms with Crippen molar-refractivity contribution in [3.63, 3.8) is 0 Å². The zero-order chi connectivity index (χ0) is 20.4. The van der Waals surface area contributed by atoms with Crippen LogP contribution < -0.4 is 15.0 Å². The second-order valence-electron chi connectivity index (χ2n) is 7.72. The molecule has 1 fully saturated rings. The highest BCUT2D eigenvalue weighted by Gasteiger charge is 2.21. The Labute approximate surface area is 170 Å². The number of rotatable bonds is 5. The van der Waals surface area contributed by atoms with E-state index < -0.39 is 0 Å². The maximum absolute atomic E-state index is 13.7. The van der Waals surface area contributed by atoms with Crippen molar-refractivity contribution in [3.8, 4) is 5.75 Å². The van der Waals surface area contributed by atoms with Gasteiger partial charge in [0.15, 0.2) is 0 Å². The summed E-state index contributed by atoms with van der Waals surface area (Å²) < 4.78 is 19.0. The van der Waals surface area contributed by atoms with Gasteiger partial charge in [0.25, 0.3) is 0 Å². The molecule has 1 aliphatic rings. The third kappa shape index (κ3) is 4.32. The van der Waals surface area contributed by atoms with Gasteiger partial charge in [-0.1, -0.05) is 12.1 Å². The number of halogens is 1. The number of nitrogens with zero attached hydrogens (tertiary/aromatic N) is 3. The lowest BCUT2D eigenvalue weighted by Crippen LogP contribution is -2.43. The standard InChI is InChI=1S/C23H27FN4O/c1-15-4-5-17(12-21(15)24)14-25-18-8-10-28(11-9-18)23-26-16(2)20-13-19(29-3)6-7-22(20)27-23/h4-7,12-13,18,25H,8-11,14H2,1-3H3. The topological polar surface area (TPSA) is 50.3 Å². The molecule has 0 spiro atoms. The Hall–Kier alpha value is -2.73. The lowest BCUT2D eigenvalue weighted by Gasteiger charge is -2.32. The van der Waals surface area contributed by atoms with Gasteiger partial charge in [-0.15, -0.1) is 0 Å². The Balaban J connectivity index is 1.38. The number of methoxy groups -OCH3 is 1. The largest absolute Gasteiger partial charge is 0.497 e. The van der Waals surface area contributed by atoms with Crippen LogP contribution in [0.4, 0.5) is 10.3 Å². The number of hydrogen-bond donors (Lipinski definition) is 1. The molecule has 0 aliphatic carbocycles. The maximum atomic E-state index is 13.7. The van der Waals surface area contributed by atoms with Crippen molar-refractivity contribution in [1.29, 1.82) is 0 Å². The van der Waals surface area contributed by atoms with E-state index in [1.54, 1.807) is 20.1 Å². The number of fused-ring (bicyclic) bond motifs is 1. The number of ether oxygens (including phenoxy) is 1. The van der Waals surface area contributed by atoms with E-state index in [9.17, 15) is 4.39 Å². The molecule has 1 aliphatic heterocycles. The van der Waals surface area contributed by atoms with Crippen LogP contribution in [-0.4, -0.2) is 36.2 Å². The monoisotopic (exact) mass is 394 g/mol. The first-order valence-electron chi connectivity index (χ1n) is 10.1. The number of aryl methyl sites for hydroxylation is 2. The molecule has 0 saturated carbocycles. The molecule has 1 N–H and O–H groups in total. The van der Waals surface area contributed by atoms with Crippen molar-refractivity contribution in [1.82, 2.24) is 15.3 Å². The van der Waals surface area contributed by atoms with Gasteiger partial charge in [0, 0.05) is 31.1 Å². The summed E-state index contributed by atoms with van der Waals surface area (Å²) in [5.74, 6) is 1.47. The molecule has 2 heterocycles. The number of benzene rings is 2. The van der Waals surface area contributed by atoms with Crippen LogP contribution >= 0.6 is 0 Å². The number of anilines is 1. The Morgan fingerprint density at radius 2 is 1.90 bits per heavy atom. The van der Waals surface area contributed by atoms with Gasteiger partial charge in [0.1, 0.15) is 11.6 Å². The molecule has 1 saturated heterocycles. The van der Waals surface area contributed by atoms with Crippen molar-refractivity contribution in [2.45, 2.75) is 39.3 Å². The first-order chi connectivity index (χ1) is 14.0. The van der Waals surface area contributed by atoms with Gasteiger partial charge < -0.3 is 15.0 Å². The van der Waals surface area contributed by atoms with Gasteiger partial charge in [-0.2, -0.15) is 0 Å². The number of piperidine rings is 1. The lowest BCUT2D eigenvalue weighted by molar-refractivity contribution is 0.411. The van der Waals surface area contributed by atoms with Crippen LogP contribution in [0.15, 0.2) is 36.4 Å². The number of aromatic nitrogens is 2. The Morgan fingerprint density at radius 1 is 1.10 bits per heavy atom. The molecule has 3 aromatic rings. The van der Waals surface area contributed by atoms with Gasteiger partial charge in [0.05, 0.1) is 18.3 Å². The molecule has 2 aromatic carbocycles. The minimum atomic E-state index is -0.138. The molecule has 0 unspecified atom stereocenters. The number of hydrogen-bond acceptors (Lipinski definition) is 5. The van der Waals surface area contributed by atoms with E-state index in [-0.39, 0.29) is 5.82 Å². The van der Waals surface area contributed by atoms with E-state index in [4.69, 9.17) is 14.7 Å². The van der Waals surface area contributed by atoms with E-state index in [1.165, 1.54) is 0 Å². The highest BCUT2D eigenvalue weighted by molar-refractivity contribution is 5.83. The van der Waals surface area contributed by atoms with Crippen molar-refractivity contribution < 1.29 is 9.13 Å². The second kappa shape index (κ2) is 8.33. The number of nitrogens with one attached hydrogen (secondary N) is 1. The predicted octanol–water partition coefficient (Wildman–Crippen LogP) is 4.15. The minimum absolute atomic E-state index is 0.138. The van der Waals surface area contributed by atoms with Crippen LogP contribution in [-0.2, 0) is 6.54 Å². The van der Waals surface area contributed by atoms with Gasteiger partial charge >= 0.3 is 0 Å². The highest BCUT2D eigenvalue weighted by atomic mass is 19.1. The molecule has 4 rings (SSSR count). The molecule has 5 nitrogen and oxygen atoms in total. The van der Waals surface area contributed by atoms with E-state index in [0.717, 1.165) is 59.8 Å². The third-order valence-corrected chi connectivity index (χ3v) is 5.69. The summed E-state index contributed by atoms with van der Waals surface area (Å²) in [6.07, 6.45) is 2.02. The van der Waals surface area contributed by atoms with Crippen molar-refractivity contribution in [2.75, 3.05) is 25.1 Å². The fourth-order valence-electron chi connectivity index (χ4n) is 3.81. The quantitative estimate of drug-likeness (QED) is 0.704. The summed E-state index contributed by atoms with van der Waals surface area (Å²) in [5.41, 5.74) is 3.58. The van der Waals surface area contributed by atoms with Crippen molar-refractivity contribution >= 4 is 16.9 Å². The molecule has 29 heavy (non-hydrogen) atoms. The van der Waals surface area contributed by atoms with Crippen LogP contribution in [0, 0.1) is 19.7 Å². The molecule has 6 heteroatoms. The third-order valence-electron chi connectivity index (χ3n) is 5.69. The normalized spacial score (nSPS) is 15.1. The fraction of sp³-hybridized carbons (Fsp3) is 0.391. The summed E-state index contributed by atoms with van der Waals surface area (Å²) in [6.45, 7) is 6.30. The Kier molecular flexibility index (Phi) is 5.62. The fourth-order valence-corrected chi connectivity index (χ4v) is 3.81. The van der Waals surface area contributed by atoms with E-state index in [2.05, 4.69) is 10.2 Å². The molecule has 0 atom stereocenters. The second-order valence-corrected chi connectivity index (χ2v) is 7.72. The van der Waals surface area contributed by atoms with Crippen molar-refractivity contribution in [2.24, 2.45) is 0 Å². The Morgan fingerprint density at radius 3 is 2.62 bits per heavy atom. The van der Waals surface area contributed by atoms with Gasteiger partial charge in [-0.3, -0.25) is 0 Å². The van der Waals surface area contributed by atoms with E-state index in [0.29, 0.717) is 18.2 Å². The predicted molar refractivity (Wildman–Crippen MR) is 114 cm³/mol.